The number of para-hydroxylation sites is 1. The molecule has 0 radical (unpaired) electrons. The zero-order chi connectivity index (χ0) is 15.2. The minimum atomic E-state index is -0.243. The van der Waals surface area contributed by atoms with Gasteiger partial charge in [0.15, 0.2) is 5.11 Å². The molecule has 5 heteroatoms. The molecule has 3 nitrogen and oxygen atoms in total. The van der Waals surface area contributed by atoms with E-state index in [0.29, 0.717) is 5.11 Å². The molecule has 0 saturated heterocycles. The topological polar surface area (TPSA) is 41.1 Å². The second-order valence-corrected chi connectivity index (χ2v) is 5.95. The first kappa shape index (κ1) is 15.4. The Morgan fingerprint density at radius 1 is 1.19 bits per heavy atom. The molecule has 1 aromatic carbocycles. The number of rotatable bonds is 3. The molecule has 21 heavy (non-hydrogen) atoms. The molecule has 0 aliphatic rings. The Kier molecular flexibility index (Phi) is 5.25. The molecule has 1 amide bonds. The van der Waals surface area contributed by atoms with Crippen molar-refractivity contribution in [3.05, 3.63) is 57.8 Å². The Hall–Kier alpha value is -1.98. The maximum absolute atomic E-state index is 11.8. The van der Waals surface area contributed by atoms with Crippen molar-refractivity contribution in [3.8, 4) is 0 Å². The van der Waals surface area contributed by atoms with Crippen molar-refractivity contribution in [3.63, 3.8) is 0 Å². The molecule has 2 aromatic rings. The summed E-state index contributed by atoms with van der Waals surface area (Å²) in [5.41, 5.74) is 3.10. The zero-order valence-corrected chi connectivity index (χ0v) is 13.5. The molecule has 1 heterocycles. The molecule has 0 saturated carbocycles. The van der Waals surface area contributed by atoms with Crippen LogP contribution >= 0.6 is 23.6 Å². The molecule has 2 N–H and O–H groups in total. The summed E-state index contributed by atoms with van der Waals surface area (Å²) in [6.45, 7) is 3.99. The van der Waals surface area contributed by atoms with E-state index in [4.69, 9.17) is 12.2 Å². The van der Waals surface area contributed by atoms with Crippen molar-refractivity contribution >= 4 is 46.3 Å². The van der Waals surface area contributed by atoms with E-state index in [0.717, 1.165) is 21.7 Å². The van der Waals surface area contributed by atoms with E-state index in [-0.39, 0.29) is 5.91 Å². The van der Waals surface area contributed by atoms with E-state index in [1.165, 1.54) is 6.08 Å². The van der Waals surface area contributed by atoms with Gasteiger partial charge in [0.2, 0.25) is 5.91 Å². The molecule has 0 atom stereocenters. The van der Waals surface area contributed by atoms with Crippen LogP contribution in [-0.2, 0) is 4.79 Å². The highest BCUT2D eigenvalue weighted by atomic mass is 32.1. The van der Waals surface area contributed by atoms with Crippen LogP contribution in [0.2, 0.25) is 0 Å². The second kappa shape index (κ2) is 7.15. The molecule has 2 rings (SSSR count). The third-order valence-corrected chi connectivity index (χ3v) is 3.94. The Morgan fingerprint density at radius 2 is 1.90 bits per heavy atom. The summed E-state index contributed by atoms with van der Waals surface area (Å²) in [5, 5.41) is 7.98. The van der Waals surface area contributed by atoms with Crippen LogP contribution in [0.25, 0.3) is 6.08 Å². The van der Waals surface area contributed by atoms with Crippen molar-refractivity contribution in [1.82, 2.24) is 5.32 Å². The van der Waals surface area contributed by atoms with Crippen molar-refractivity contribution < 1.29 is 4.79 Å². The number of aryl methyl sites for hydroxylation is 2. The van der Waals surface area contributed by atoms with Crippen molar-refractivity contribution in [2.24, 2.45) is 0 Å². The van der Waals surface area contributed by atoms with Crippen molar-refractivity contribution in [2.45, 2.75) is 13.8 Å². The Bertz CT molecular complexity index is 655. The maximum Gasteiger partial charge on any atom is 0.250 e. The standard InChI is InChI=1S/C16H16N2OS2/c1-11-5-3-6-12(2)15(11)18-16(20)17-14(19)9-8-13-7-4-10-21-13/h3-10H,1-2H3,(H2,17,18,19,20). The molecular weight excluding hydrogens is 300 g/mol. The van der Waals surface area contributed by atoms with E-state index in [2.05, 4.69) is 10.6 Å². The van der Waals surface area contributed by atoms with E-state index in [1.54, 1.807) is 17.4 Å². The summed E-state index contributed by atoms with van der Waals surface area (Å²) in [5.74, 6) is -0.243. The van der Waals surface area contributed by atoms with Crippen LogP contribution < -0.4 is 10.6 Å². The predicted molar refractivity (Wildman–Crippen MR) is 93.6 cm³/mol. The van der Waals surface area contributed by atoms with Gasteiger partial charge in [0.05, 0.1) is 0 Å². The van der Waals surface area contributed by atoms with E-state index in [1.807, 2.05) is 49.6 Å². The lowest BCUT2D eigenvalue weighted by Gasteiger charge is -2.13. The number of nitrogens with one attached hydrogen (secondary N) is 2. The summed E-state index contributed by atoms with van der Waals surface area (Å²) in [6, 6.07) is 9.87. The lowest BCUT2D eigenvalue weighted by Crippen LogP contribution is -2.33. The molecule has 108 valence electrons. The minimum absolute atomic E-state index is 0.243. The fourth-order valence-electron chi connectivity index (χ4n) is 1.85. The van der Waals surface area contributed by atoms with Gasteiger partial charge < -0.3 is 5.32 Å². The first-order valence-corrected chi connectivity index (χ1v) is 7.75. The first-order valence-electron chi connectivity index (χ1n) is 6.46. The minimum Gasteiger partial charge on any atom is -0.332 e. The van der Waals surface area contributed by atoms with Gasteiger partial charge in [-0.15, -0.1) is 11.3 Å². The lowest BCUT2D eigenvalue weighted by molar-refractivity contribution is -0.115. The number of carbonyl (C=O) groups is 1. The van der Waals surface area contributed by atoms with Gasteiger partial charge in [-0.05, 0) is 54.7 Å². The number of amides is 1. The van der Waals surface area contributed by atoms with Crippen LogP contribution in [0.5, 0.6) is 0 Å². The Morgan fingerprint density at radius 3 is 2.52 bits per heavy atom. The highest BCUT2D eigenvalue weighted by Crippen LogP contribution is 2.19. The van der Waals surface area contributed by atoms with Crippen LogP contribution in [-0.4, -0.2) is 11.0 Å². The number of hydrogen-bond acceptors (Lipinski definition) is 3. The Labute approximate surface area is 133 Å². The van der Waals surface area contributed by atoms with Crippen LogP contribution in [0.3, 0.4) is 0 Å². The largest absolute Gasteiger partial charge is 0.332 e. The van der Waals surface area contributed by atoms with Gasteiger partial charge in [0.25, 0.3) is 0 Å². The number of anilines is 1. The van der Waals surface area contributed by atoms with Gasteiger partial charge in [-0.1, -0.05) is 24.3 Å². The monoisotopic (exact) mass is 316 g/mol. The van der Waals surface area contributed by atoms with Crippen LogP contribution in [0.15, 0.2) is 41.8 Å². The molecular formula is C16H16N2OS2. The van der Waals surface area contributed by atoms with E-state index >= 15 is 0 Å². The van der Waals surface area contributed by atoms with Gasteiger partial charge >= 0.3 is 0 Å². The van der Waals surface area contributed by atoms with Crippen molar-refractivity contribution in [2.75, 3.05) is 5.32 Å². The van der Waals surface area contributed by atoms with E-state index < -0.39 is 0 Å². The fraction of sp³-hybridized carbons (Fsp3) is 0.125. The lowest BCUT2D eigenvalue weighted by atomic mass is 10.1. The summed E-state index contributed by atoms with van der Waals surface area (Å²) >= 11 is 6.75. The first-order chi connectivity index (χ1) is 10.1. The Balaban J connectivity index is 1.94. The van der Waals surface area contributed by atoms with Gasteiger partial charge in [0, 0.05) is 16.6 Å². The fourth-order valence-corrected chi connectivity index (χ4v) is 2.67. The predicted octanol–water partition coefficient (Wildman–Crippen LogP) is 3.89. The average molecular weight is 316 g/mol. The quantitative estimate of drug-likeness (QED) is 0.667. The molecule has 0 spiro atoms. The number of carbonyl (C=O) groups excluding carboxylic acids is 1. The molecule has 0 aliphatic carbocycles. The van der Waals surface area contributed by atoms with Crippen LogP contribution in [0, 0.1) is 13.8 Å². The average Bonchev–Trinajstić information content (AvgIpc) is 2.94. The summed E-state index contributed by atoms with van der Waals surface area (Å²) in [7, 11) is 0. The van der Waals surface area contributed by atoms with Gasteiger partial charge in [-0.25, -0.2) is 0 Å². The number of hydrogen-bond donors (Lipinski definition) is 2. The van der Waals surface area contributed by atoms with Gasteiger partial charge in [-0.2, -0.15) is 0 Å². The molecule has 0 unspecified atom stereocenters. The number of thiophene rings is 1. The second-order valence-electron chi connectivity index (χ2n) is 4.56. The number of thiocarbonyl (C=S) groups is 1. The summed E-state index contributed by atoms with van der Waals surface area (Å²) in [4.78, 5) is 12.8. The van der Waals surface area contributed by atoms with Crippen LogP contribution in [0.4, 0.5) is 5.69 Å². The number of benzene rings is 1. The molecule has 0 fully saturated rings. The highest BCUT2D eigenvalue weighted by Gasteiger charge is 2.06. The van der Waals surface area contributed by atoms with Crippen LogP contribution in [0.1, 0.15) is 16.0 Å². The molecule has 1 aromatic heterocycles. The highest BCUT2D eigenvalue weighted by molar-refractivity contribution is 7.80. The normalized spacial score (nSPS) is 10.6. The van der Waals surface area contributed by atoms with Gasteiger partial charge in [0.1, 0.15) is 0 Å². The smallest absolute Gasteiger partial charge is 0.250 e. The van der Waals surface area contributed by atoms with Crippen molar-refractivity contribution in [1.29, 1.82) is 0 Å². The zero-order valence-electron chi connectivity index (χ0n) is 11.8. The third kappa shape index (κ3) is 4.51. The summed E-state index contributed by atoms with van der Waals surface area (Å²) < 4.78 is 0. The summed E-state index contributed by atoms with van der Waals surface area (Å²) in [6.07, 6.45) is 3.24. The molecule has 0 bridgehead atoms. The van der Waals surface area contributed by atoms with Gasteiger partial charge in [-0.3, -0.25) is 10.1 Å². The molecule has 0 aliphatic heterocycles. The van der Waals surface area contributed by atoms with E-state index in [9.17, 15) is 4.79 Å². The third-order valence-electron chi connectivity index (χ3n) is 2.90. The SMILES string of the molecule is Cc1cccc(C)c1NC(=S)NC(=O)C=Cc1cccs1. The maximum atomic E-state index is 11.8.